The fourth-order valence-electron chi connectivity index (χ4n) is 2.16. The van der Waals surface area contributed by atoms with Crippen molar-refractivity contribution in [3.63, 3.8) is 0 Å². The van der Waals surface area contributed by atoms with Crippen molar-refractivity contribution in [3.05, 3.63) is 23.9 Å². The lowest BCUT2D eigenvalue weighted by atomic mass is 10.2. The number of aromatic nitrogens is 1. The van der Waals surface area contributed by atoms with E-state index >= 15 is 0 Å². The minimum Gasteiger partial charge on any atom is -0.368 e. The summed E-state index contributed by atoms with van der Waals surface area (Å²) in [4.78, 5) is 17.8. The van der Waals surface area contributed by atoms with Gasteiger partial charge in [-0.15, -0.1) is 0 Å². The van der Waals surface area contributed by atoms with Crippen LogP contribution in [0.2, 0.25) is 0 Å². The average Bonchev–Trinajstić information content (AvgIpc) is 2.33. The topological polar surface area (TPSA) is 71.2 Å². The molecule has 106 valence electrons. The monoisotopic (exact) mass is 264 g/mol. The molecule has 0 aromatic carbocycles. The SMILES string of the molecule is CC(C)N(CCNc1ncccc1C(N)=O)C(C)C. The van der Waals surface area contributed by atoms with Crippen molar-refractivity contribution in [2.75, 3.05) is 18.4 Å². The van der Waals surface area contributed by atoms with E-state index in [1.54, 1.807) is 18.3 Å². The first-order valence-electron chi connectivity index (χ1n) is 6.68. The molecule has 0 saturated carbocycles. The number of carbonyl (C=O) groups is 1. The van der Waals surface area contributed by atoms with E-state index in [-0.39, 0.29) is 0 Å². The van der Waals surface area contributed by atoms with Crippen LogP contribution in [0, 0.1) is 0 Å². The number of hydrogen-bond donors (Lipinski definition) is 2. The summed E-state index contributed by atoms with van der Waals surface area (Å²) in [6.45, 7) is 10.3. The number of rotatable bonds is 7. The minimum atomic E-state index is -0.458. The summed E-state index contributed by atoms with van der Waals surface area (Å²) >= 11 is 0. The Morgan fingerprint density at radius 1 is 1.37 bits per heavy atom. The minimum absolute atomic E-state index is 0.433. The fraction of sp³-hybridized carbons (Fsp3) is 0.571. The van der Waals surface area contributed by atoms with Crippen molar-refractivity contribution in [2.45, 2.75) is 39.8 Å². The van der Waals surface area contributed by atoms with Crippen LogP contribution in [0.3, 0.4) is 0 Å². The summed E-state index contributed by atoms with van der Waals surface area (Å²) in [6.07, 6.45) is 1.65. The van der Waals surface area contributed by atoms with E-state index < -0.39 is 5.91 Å². The van der Waals surface area contributed by atoms with Gasteiger partial charge in [-0.1, -0.05) is 0 Å². The molecule has 19 heavy (non-hydrogen) atoms. The molecule has 0 saturated heterocycles. The van der Waals surface area contributed by atoms with Gasteiger partial charge in [-0.25, -0.2) is 4.98 Å². The summed E-state index contributed by atoms with van der Waals surface area (Å²) in [5.41, 5.74) is 5.75. The lowest BCUT2D eigenvalue weighted by Gasteiger charge is -2.30. The number of pyridine rings is 1. The molecule has 1 heterocycles. The van der Waals surface area contributed by atoms with Gasteiger partial charge >= 0.3 is 0 Å². The quantitative estimate of drug-likeness (QED) is 0.786. The number of carbonyl (C=O) groups excluding carboxylic acids is 1. The van der Waals surface area contributed by atoms with Gasteiger partial charge in [0.25, 0.3) is 5.91 Å². The molecule has 0 spiro atoms. The maximum Gasteiger partial charge on any atom is 0.252 e. The van der Waals surface area contributed by atoms with Gasteiger partial charge in [0.1, 0.15) is 5.82 Å². The van der Waals surface area contributed by atoms with Crippen LogP contribution in [0.1, 0.15) is 38.1 Å². The van der Waals surface area contributed by atoms with Gasteiger partial charge in [-0.05, 0) is 39.8 Å². The van der Waals surface area contributed by atoms with Gasteiger partial charge in [-0.2, -0.15) is 0 Å². The molecule has 0 radical (unpaired) electrons. The lowest BCUT2D eigenvalue weighted by molar-refractivity contribution is 0.100. The number of nitrogens with one attached hydrogen (secondary N) is 1. The molecule has 0 aliphatic carbocycles. The zero-order valence-corrected chi connectivity index (χ0v) is 12.2. The summed E-state index contributed by atoms with van der Waals surface area (Å²) in [6, 6.07) is 4.36. The van der Waals surface area contributed by atoms with E-state index in [4.69, 9.17) is 5.73 Å². The highest BCUT2D eigenvalue weighted by Gasteiger charge is 2.13. The predicted molar refractivity (Wildman–Crippen MR) is 78.2 cm³/mol. The second kappa shape index (κ2) is 7.09. The number of anilines is 1. The molecule has 1 rings (SSSR count). The van der Waals surface area contributed by atoms with Crippen LogP contribution in [0.5, 0.6) is 0 Å². The zero-order valence-electron chi connectivity index (χ0n) is 12.2. The summed E-state index contributed by atoms with van der Waals surface area (Å²) in [7, 11) is 0. The molecule has 3 N–H and O–H groups in total. The summed E-state index contributed by atoms with van der Waals surface area (Å²) in [5, 5.41) is 3.18. The van der Waals surface area contributed by atoms with Crippen molar-refractivity contribution >= 4 is 11.7 Å². The normalized spacial score (nSPS) is 11.3. The Kier molecular flexibility index (Phi) is 5.76. The van der Waals surface area contributed by atoms with Gasteiger partial charge in [0.05, 0.1) is 5.56 Å². The van der Waals surface area contributed by atoms with Crippen LogP contribution in [-0.4, -0.2) is 41.0 Å². The van der Waals surface area contributed by atoms with Crippen LogP contribution in [0.25, 0.3) is 0 Å². The molecule has 0 unspecified atom stereocenters. The van der Waals surface area contributed by atoms with Gasteiger partial charge < -0.3 is 11.1 Å². The molecule has 0 aliphatic rings. The molecule has 1 aromatic rings. The molecule has 5 nitrogen and oxygen atoms in total. The van der Waals surface area contributed by atoms with Crippen LogP contribution >= 0.6 is 0 Å². The highest BCUT2D eigenvalue weighted by atomic mass is 16.1. The molecule has 0 bridgehead atoms. The third kappa shape index (κ3) is 4.52. The first kappa shape index (κ1) is 15.4. The molecular weight excluding hydrogens is 240 g/mol. The van der Waals surface area contributed by atoms with E-state index in [9.17, 15) is 4.79 Å². The number of nitrogens with two attached hydrogens (primary N) is 1. The van der Waals surface area contributed by atoms with Crippen molar-refractivity contribution in [3.8, 4) is 0 Å². The molecule has 5 heteroatoms. The molecule has 0 aliphatic heterocycles. The Morgan fingerprint density at radius 3 is 2.53 bits per heavy atom. The predicted octanol–water partition coefficient (Wildman–Crippen LogP) is 1.71. The van der Waals surface area contributed by atoms with Gasteiger partial charge in [0, 0.05) is 31.4 Å². The van der Waals surface area contributed by atoms with E-state index in [1.165, 1.54) is 0 Å². The Balaban J connectivity index is 2.60. The van der Waals surface area contributed by atoms with Crippen molar-refractivity contribution in [1.29, 1.82) is 0 Å². The molecule has 1 amide bonds. The van der Waals surface area contributed by atoms with Crippen molar-refractivity contribution in [2.24, 2.45) is 5.73 Å². The standard InChI is InChI=1S/C14H24N4O/c1-10(2)18(11(3)4)9-8-17-14-12(13(15)19)6-5-7-16-14/h5-7,10-11H,8-9H2,1-4H3,(H2,15,19)(H,16,17). The average molecular weight is 264 g/mol. The van der Waals surface area contributed by atoms with Crippen LogP contribution in [-0.2, 0) is 0 Å². The third-order valence-corrected chi connectivity index (χ3v) is 3.06. The highest BCUT2D eigenvalue weighted by molar-refractivity contribution is 5.97. The third-order valence-electron chi connectivity index (χ3n) is 3.06. The number of hydrogen-bond acceptors (Lipinski definition) is 4. The van der Waals surface area contributed by atoms with Crippen LogP contribution in [0.4, 0.5) is 5.82 Å². The maximum absolute atomic E-state index is 11.3. The maximum atomic E-state index is 11.3. The molecule has 0 fully saturated rings. The van der Waals surface area contributed by atoms with E-state index in [2.05, 4.69) is 42.9 Å². The Morgan fingerprint density at radius 2 is 2.00 bits per heavy atom. The largest absolute Gasteiger partial charge is 0.368 e. The van der Waals surface area contributed by atoms with Crippen LogP contribution in [0.15, 0.2) is 18.3 Å². The molecular formula is C14H24N4O. The highest BCUT2D eigenvalue weighted by Crippen LogP contribution is 2.10. The van der Waals surface area contributed by atoms with Gasteiger partial charge in [0.2, 0.25) is 0 Å². The second-order valence-corrected chi connectivity index (χ2v) is 5.12. The number of amides is 1. The summed E-state index contributed by atoms with van der Waals surface area (Å²) in [5.74, 6) is 0.0997. The summed E-state index contributed by atoms with van der Waals surface area (Å²) < 4.78 is 0. The second-order valence-electron chi connectivity index (χ2n) is 5.12. The fourth-order valence-corrected chi connectivity index (χ4v) is 2.16. The Labute approximate surface area is 115 Å². The Bertz CT molecular complexity index is 410. The van der Waals surface area contributed by atoms with E-state index in [1.807, 2.05) is 0 Å². The lowest BCUT2D eigenvalue weighted by Crippen LogP contribution is -2.40. The van der Waals surface area contributed by atoms with E-state index in [0.717, 1.165) is 13.1 Å². The van der Waals surface area contributed by atoms with Crippen LogP contribution < -0.4 is 11.1 Å². The molecule has 0 atom stereocenters. The number of nitrogens with zero attached hydrogens (tertiary/aromatic N) is 2. The Hall–Kier alpha value is -1.62. The number of primary amides is 1. The molecule has 1 aromatic heterocycles. The smallest absolute Gasteiger partial charge is 0.252 e. The first-order valence-corrected chi connectivity index (χ1v) is 6.68. The van der Waals surface area contributed by atoms with Gasteiger partial charge in [-0.3, -0.25) is 9.69 Å². The van der Waals surface area contributed by atoms with E-state index in [0.29, 0.717) is 23.5 Å². The van der Waals surface area contributed by atoms with Crippen molar-refractivity contribution < 1.29 is 4.79 Å². The zero-order chi connectivity index (χ0) is 14.4. The van der Waals surface area contributed by atoms with Gasteiger partial charge in [0.15, 0.2) is 0 Å². The van der Waals surface area contributed by atoms with Crippen molar-refractivity contribution in [1.82, 2.24) is 9.88 Å². The first-order chi connectivity index (χ1) is 8.93.